The number of hydrogen-bond acceptors (Lipinski definition) is 5. The summed E-state index contributed by atoms with van der Waals surface area (Å²) in [5.41, 5.74) is 3.91. The number of nitrogens with one attached hydrogen (secondary N) is 1. The lowest BCUT2D eigenvalue weighted by atomic mass is 9.78. The minimum Gasteiger partial charge on any atom is -0.496 e. The van der Waals surface area contributed by atoms with Gasteiger partial charge in [-0.25, -0.2) is 0 Å². The van der Waals surface area contributed by atoms with Crippen LogP contribution < -0.4 is 14.2 Å². The maximum absolute atomic E-state index is 13.9. The van der Waals surface area contributed by atoms with Crippen LogP contribution in [0.3, 0.4) is 0 Å². The molecular weight excluding hydrogens is 464 g/mol. The van der Waals surface area contributed by atoms with E-state index >= 15 is 0 Å². The molecule has 1 fully saturated rings. The Labute approximate surface area is 221 Å². The summed E-state index contributed by atoms with van der Waals surface area (Å²) in [6.45, 7) is 18.0. The van der Waals surface area contributed by atoms with E-state index in [-0.39, 0.29) is 28.7 Å². The van der Waals surface area contributed by atoms with Crippen molar-refractivity contribution in [1.29, 1.82) is 5.41 Å². The fourth-order valence-corrected chi connectivity index (χ4v) is 5.43. The molecule has 200 valence electrons. The number of hydrogen-bond donors (Lipinski definition) is 1. The molecule has 1 heterocycles. The molecule has 1 saturated carbocycles. The molecule has 1 aliphatic heterocycles. The minimum absolute atomic E-state index is 0.0116. The van der Waals surface area contributed by atoms with Gasteiger partial charge in [-0.1, -0.05) is 41.5 Å². The van der Waals surface area contributed by atoms with Gasteiger partial charge < -0.3 is 19.1 Å². The molecule has 0 saturated heterocycles. The molecule has 2 aromatic rings. The summed E-state index contributed by atoms with van der Waals surface area (Å²) in [5.74, 6) is 2.60. The Kier molecular flexibility index (Phi) is 6.85. The number of rotatable bonds is 8. The molecule has 0 unspecified atom stereocenters. The van der Waals surface area contributed by atoms with Gasteiger partial charge in [-0.05, 0) is 67.3 Å². The first-order chi connectivity index (χ1) is 17.3. The van der Waals surface area contributed by atoms with Crippen LogP contribution in [0, 0.1) is 5.41 Å². The third kappa shape index (κ3) is 4.71. The van der Waals surface area contributed by atoms with Crippen molar-refractivity contribution in [3.8, 4) is 17.2 Å². The largest absolute Gasteiger partial charge is 0.496 e. The summed E-state index contributed by atoms with van der Waals surface area (Å²) in [6.07, 6.45) is 1.83. The quantitative estimate of drug-likeness (QED) is 0.408. The van der Waals surface area contributed by atoms with Crippen molar-refractivity contribution in [2.45, 2.75) is 84.6 Å². The first-order valence-electron chi connectivity index (χ1n) is 13.3. The van der Waals surface area contributed by atoms with Crippen LogP contribution in [0.25, 0.3) is 0 Å². The molecule has 6 nitrogen and oxygen atoms in total. The van der Waals surface area contributed by atoms with Crippen LogP contribution in [0.2, 0.25) is 0 Å². The Morgan fingerprint density at radius 2 is 1.43 bits per heavy atom. The third-order valence-corrected chi connectivity index (χ3v) is 7.48. The maximum Gasteiger partial charge on any atom is 0.182 e. The number of Topliss-reactive ketones (excluding diaryl/α,β-unsaturated/α-hetero) is 1. The smallest absolute Gasteiger partial charge is 0.182 e. The molecule has 2 aromatic carbocycles. The standard InChI is InChI=1S/C31H42N2O4/c1-10-36-25-16-20-21(17-26(25)37-11-2)31(12-13-31)33(28(20)32)18-24(34)19-14-22(29(3,4)5)27(35-9)23(15-19)30(6,7)8/h14-17,32H,10-13,18H2,1-9H3. The fourth-order valence-electron chi connectivity index (χ4n) is 5.43. The molecule has 0 bridgehead atoms. The summed E-state index contributed by atoms with van der Waals surface area (Å²) in [4.78, 5) is 15.9. The van der Waals surface area contributed by atoms with Gasteiger partial charge in [-0.2, -0.15) is 0 Å². The van der Waals surface area contributed by atoms with E-state index in [1.165, 1.54) is 0 Å². The Balaban J connectivity index is 1.73. The molecule has 4 rings (SSSR count). The number of methoxy groups -OCH3 is 1. The van der Waals surface area contributed by atoms with E-state index in [0.29, 0.717) is 36.1 Å². The predicted molar refractivity (Wildman–Crippen MR) is 148 cm³/mol. The van der Waals surface area contributed by atoms with Crippen molar-refractivity contribution in [1.82, 2.24) is 4.90 Å². The Bertz CT molecular complexity index is 1190. The van der Waals surface area contributed by atoms with E-state index in [0.717, 1.165) is 40.8 Å². The third-order valence-electron chi connectivity index (χ3n) is 7.48. The molecule has 0 atom stereocenters. The van der Waals surface area contributed by atoms with Crippen molar-refractivity contribution in [3.63, 3.8) is 0 Å². The molecule has 37 heavy (non-hydrogen) atoms. The molecule has 0 amide bonds. The number of amidine groups is 1. The highest BCUT2D eigenvalue weighted by molar-refractivity contribution is 6.07. The van der Waals surface area contributed by atoms with Gasteiger partial charge >= 0.3 is 0 Å². The van der Waals surface area contributed by atoms with Crippen LogP contribution in [0.4, 0.5) is 0 Å². The van der Waals surface area contributed by atoms with Crippen molar-refractivity contribution in [2.24, 2.45) is 0 Å². The normalized spacial score (nSPS) is 16.1. The van der Waals surface area contributed by atoms with Gasteiger partial charge in [0.15, 0.2) is 17.3 Å². The second-order valence-electron chi connectivity index (χ2n) is 12.2. The zero-order valence-corrected chi connectivity index (χ0v) is 23.9. The number of ketones is 1. The zero-order valence-electron chi connectivity index (χ0n) is 23.9. The monoisotopic (exact) mass is 506 g/mol. The Morgan fingerprint density at radius 1 is 0.919 bits per heavy atom. The van der Waals surface area contributed by atoms with Gasteiger partial charge in [0.1, 0.15) is 11.6 Å². The van der Waals surface area contributed by atoms with E-state index in [1.54, 1.807) is 7.11 Å². The van der Waals surface area contributed by atoms with Gasteiger partial charge in [-0.3, -0.25) is 10.2 Å². The number of benzene rings is 2. The van der Waals surface area contributed by atoms with E-state index < -0.39 is 0 Å². The fraction of sp³-hybridized carbons (Fsp3) is 0.548. The minimum atomic E-state index is -0.315. The average molecular weight is 507 g/mol. The summed E-state index contributed by atoms with van der Waals surface area (Å²) in [7, 11) is 1.70. The van der Waals surface area contributed by atoms with E-state index in [4.69, 9.17) is 19.6 Å². The number of carbonyl (C=O) groups is 1. The lowest BCUT2D eigenvalue weighted by molar-refractivity contribution is 0.0943. The molecule has 1 spiro atoms. The van der Waals surface area contributed by atoms with Gasteiger partial charge in [0.25, 0.3) is 0 Å². The number of nitrogens with zero attached hydrogens (tertiary/aromatic N) is 1. The molecule has 1 aliphatic carbocycles. The van der Waals surface area contributed by atoms with Crippen LogP contribution in [0.15, 0.2) is 24.3 Å². The van der Waals surface area contributed by atoms with Crippen molar-refractivity contribution < 1.29 is 19.0 Å². The van der Waals surface area contributed by atoms with E-state index in [9.17, 15) is 4.79 Å². The Morgan fingerprint density at radius 3 is 1.86 bits per heavy atom. The molecule has 6 heteroatoms. The lowest BCUT2D eigenvalue weighted by Gasteiger charge is -2.30. The van der Waals surface area contributed by atoms with Crippen molar-refractivity contribution in [2.75, 3.05) is 26.9 Å². The predicted octanol–water partition coefficient (Wildman–Crippen LogP) is 6.60. The topological polar surface area (TPSA) is 71.8 Å². The lowest BCUT2D eigenvalue weighted by Crippen LogP contribution is -2.38. The van der Waals surface area contributed by atoms with Gasteiger partial charge in [-0.15, -0.1) is 0 Å². The van der Waals surface area contributed by atoms with Crippen LogP contribution in [-0.4, -0.2) is 43.4 Å². The first-order valence-corrected chi connectivity index (χ1v) is 13.3. The SMILES string of the molecule is CCOc1cc2c(cc1OCC)C1(CC1)N(CC(=O)c1cc(C(C)(C)C)c(OC)c(C(C)(C)C)c1)C2=N. The highest BCUT2D eigenvalue weighted by Crippen LogP contribution is 2.58. The summed E-state index contributed by atoms with van der Waals surface area (Å²) in [5, 5.41) is 9.04. The second-order valence-corrected chi connectivity index (χ2v) is 12.2. The number of ether oxygens (including phenoxy) is 3. The molecule has 2 aliphatic rings. The zero-order chi connectivity index (χ0) is 27.3. The van der Waals surface area contributed by atoms with Gasteiger partial charge in [0.2, 0.25) is 0 Å². The molecule has 0 radical (unpaired) electrons. The summed E-state index contributed by atoms with van der Waals surface area (Å²) >= 11 is 0. The van der Waals surface area contributed by atoms with Crippen LogP contribution >= 0.6 is 0 Å². The molecular formula is C31H42N2O4. The van der Waals surface area contributed by atoms with Gasteiger partial charge in [0.05, 0.1) is 32.4 Å². The highest BCUT2D eigenvalue weighted by atomic mass is 16.5. The summed E-state index contributed by atoms with van der Waals surface area (Å²) < 4.78 is 17.6. The van der Waals surface area contributed by atoms with Crippen LogP contribution in [0.1, 0.15) is 101 Å². The molecule has 0 aromatic heterocycles. The van der Waals surface area contributed by atoms with Crippen molar-refractivity contribution >= 4 is 11.6 Å². The van der Waals surface area contributed by atoms with Crippen LogP contribution in [0.5, 0.6) is 17.2 Å². The molecule has 1 N–H and O–H groups in total. The van der Waals surface area contributed by atoms with Crippen molar-refractivity contribution in [3.05, 3.63) is 52.1 Å². The maximum atomic E-state index is 13.9. The van der Waals surface area contributed by atoms with Gasteiger partial charge in [0, 0.05) is 22.3 Å². The average Bonchev–Trinajstić information content (AvgIpc) is 3.59. The second kappa shape index (κ2) is 9.38. The number of fused-ring (bicyclic) bond motifs is 2. The first kappa shape index (κ1) is 27.0. The Hall–Kier alpha value is -3.02. The summed E-state index contributed by atoms with van der Waals surface area (Å²) in [6, 6.07) is 7.92. The highest BCUT2D eigenvalue weighted by Gasteiger charge is 2.57. The van der Waals surface area contributed by atoms with E-state index in [1.807, 2.05) is 43.0 Å². The van der Waals surface area contributed by atoms with Crippen LogP contribution in [-0.2, 0) is 16.4 Å². The van der Waals surface area contributed by atoms with E-state index in [2.05, 4.69) is 41.5 Å². The number of carbonyl (C=O) groups excluding carboxylic acids is 1.